The highest BCUT2D eigenvalue weighted by Crippen LogP contribution is 2.26. The lowest BCUT2D eigenvalue weighted by Crippen LogP contribution is -2.26. The summed E-state index contributed by atoms with van der Waals surface area (Å²) >= 11 is 0. The monoisotopic (exact) mass is 367 g/mol. The maximum absolute atomic E-state index is 12.9. The zero-order valence-electron chi connectivity index (χ0n) is 14.0. The molecule has 0 aliphatic carbocycles. The van der Waals surface area contributed by atoms with E-state index in [9.17, 15) is 13.2 Å². The normalized spacial score (nSPS) is 11.7. The zero-order valence-corrected chi connectivity index (χ0v) is 14.8. The molecule has 3 aromatic carbocycles. The van der Waals surface area contributed by atoms with Crippen LogP contribution in [-0.2, 0) is 14.8 Å². The number of nitrogens with zero attached hydrogens (tertiary/aromatic N) is 1. The van der Waals surface area contributed by atoms with Crippen molar-refractivity contribution in [3.63, 3.8) is 0 Å². The van der Waals surface area contributed by atoms with Crippen LogP contribution in [0.2, 0.25) is 0 Å². The number of carboxylic acid groups (broad SMARTS) is 1. The summed E-state index contributed by atoms with van der Waals surface area (Å²) in [4.78, 5) is 10.7. The fraction of sp³-hybridized carbons (Fsp3) is 0.0500. The fourth-order valence-electron chi connectivity index (χ4n) is 2.59. The molecule has 0 aromatic heterocycles. The van der Waals surface area contributed by atoms with Gasteiger partial charge in [-0.3, -0.25) is 4.31 Å². The second-order valence-electron chi connectivity index (χ2n) is 5.74. The van der Waals surface area contributed by atoms with Crippen molar-refractivity contribution < 1.29 is 18.3 Å². The van der Waals surface area contributed by atoms with Crippen LogP contribution in [0.3, 0.4) is 0 Å². The Morgan fingerprint density at radius 2 is 1.62 bits per heavy atom. The highest BCUT2D eigenvalue weighted by molar-refractivity contribution is 7.92. The van der Waals surface area contributed by atoms with E-state index in [-0.39, 0.29) is 4.90 Å². The van der Waals surface area contributed by atoms with E-state index in [1.807, 2.05) is 36.4 Å². The van der Waals surface area contributed by atoms with Crippen molar-refractivity contribution in [2.24, 2.45) is 0 Å². The maximum atomic E-state index is 12.9. The summed E-state index contributed by atoms with van der Waals surface area (Å²) in [6.07, 6.45) is 2.41. The van der Waals surface area contributed by atoms with Gasteiger partial charge in [-0.25, -0.2) is 13.2 Å². The van der Waals surface area contributed by atoms with Crippen LogP contribution >= 0.6 is 0 Å². The van der Waals surface area contributed by atoms with Crippen LogP contribution < -0.4 is 4.31 Å². The number of aliphatic carboxylic acids is 1. The number of sulfonamides is 1. The van der Waals surface area contributed by atoms with Crippen molar-refractivity contribution in [3.8, 4) is 0 Å². The first kappa shape index (κ1) is 17.7. The van der Waals surface area contributed by atoms with Gasteiger partial charge in [0.05, 0.1) is 10.6 Å². The van der Waals surface area contributed by atoms with Gasteiger partial charge in [0.2, 0.25) is 0 Å². The molecular weight excluding hydrogens is 350 g/mol. The molecule has 0 spiro atoms. The molecule has 0 amide bonds. The van der Waals surface area contributed by atoms with Crippen LogP contribution in [0.15, 0.2) is 77.7 Å². The van der Waals surface area contributed by atoms with Gasteiger partial charge in [-0.15, -0.1) is 0 Å². The number of hydrogen-bond donors (Lipinski definition) is 1. The third-order valence-corrected chi connectivity index (χ3v) is 5.85. The van der Waals surface area contributed by atoms with Crippen LogP contribution in [0.4, 0.5) is 5.69 Å². The number of carbonyl (C=O) groups is 1. The Balaban J connectivity index is 1.91. The molecule has 0 atom stereocenters. The molecule has 0 bridgehead atoms. The second kappa shape index (κ2) is 7.01. The number of anilines is 1. The van der Waals surface area contributed by atoms with Gasteiger partial charge < -0.3 is 5.11 Å². The Labute approximate surface area is 151 Å². The first-order valence-electron chi connectivity index (χ1n) is 7.87. The molecule has 0 unspecified atom stereocenters. The van der Waals surface area contributed by atoms with Crippen molar-refractivity contribution >= 4 is 38.5 Å². The molecule has 6 heteroatoms. The first-order chi connectivity index (χ1) is 12.4. The second-order valence-corrected chi connectivity index (χ2v) is 7.71. The summed E-state index contributed by atoms with van der Waals surface area (Å²) in [5, 5.41) is 10.6. The minimum absolute atomic E-state index is 0.139. The molecule has 5 nitrogen and oxygen atoms in total. The van der Waals surface area contributed by atoms with Gasteiger partial charge in [0.15, 0.2) is 0 Å². The van der Waals surface area contributed by atoms with Crippen LogP contribution in [0.5, 0.6) is 0 Å². The van der Waals surface area contributed by atoms with Crippen molar-refractivity contribution in [3.05, 3.63) is 78.4 Å². The van der Waals surface area contributed by atoms with Gasteiger partial charge in [0, 0.05) is 13.1 Å². The highest BCUT2D eigenvalue weighted by atomic mass is 32.2. The van der Waals surface area contributed by atoms with Gasteiger partial charge in [0.1, 0.15) is 0 Å². The minimum Gasteiger partial charge on any atom is -0.478 e. The SMILES string of the molecule is CN(c1ccc2ccccc2c1)S(=O)(=O)c1ccc(/C=C/C(=O)O)cc1. The van der Waals surface area contributed by atoms with E-state index in [0.717, 1.165) is 16.8 Å². The van der Waals surface area contributed by atoms with Gasteiger partial charge in [0.25, 0.3) is 10.0 Å². The number of carboxylic acids is 1. The standard InChI is InChI=1S/C20H17NO4S/c1-21(18-10-9-16-4-2-3-5-17(16)14-18)26(24,25)19-11-6-15(7-12-19)8-13-20(22)23/h2-14H,1H3,(H,22,23)/b13-8+. The molecule has 0 saturated heterocycles. The van der Waals surface area contributed by atoms with E-state index in [4.69, 9.17) is 5.11 Å². The Hall–Kier alpha value is -3.12. The summed E-state index contributed by atoms with van der Waals surface area (Å²) in [5.41, 5.74) is 1.18. The summed E-state index contributed by atoms with van der Waals surface area (Å²) in [7, 11) is -2.20. The van der Waals surface area contributed by atoms with E-state index in [2.05, 4.69) is 0 Å². The Morgan fingerprint density at radius 1 is 0.962 bits per heavy atom. The van der Waals surface area contributed by atoms with Crippen LogP contribution in [0, 0.1) is 0 Å². The predicted octanol–water partition coefficient (Wildman–Crippen LogP) is 3.76. The van der Waals surface area contributed by atoms with E-state index in [0.29, 0.717) is 11.3 Å². The molecule has 0 heterocycles. The van der Waals surface area contributed by atoms with Crippen LogP contribution in [-0.4, -0.2) is 26.5 Å². The van der Waals surface area contributed by atoms with Crippen LogP contribution in [0.25, 0.3) is 16.8 Å². The third-order valence-electron chi connectivity index (χ3n) is 4.05. The van der Waals surface area contributed by atoms with Crippen molar-refractivity contribution in [1.82, 2.24) is 0 Å². The number of rotatable bonds is 5. The summed E-state index contributed by atoms with van der Waals surface area (Å²) in [6.45, 7) is 0. The number of fused-ring (bicyclic) bond motifs is 1. The minimum atomic E-state index is -3.72. The molecule has 0 fully saturated rings. The topological polar surface area (TPSA) is 74.7 Å². The average Bonchev–Trinajstić information content (AvgIpc) is 2.65. The lowest BCUT2D eigenvalue weighted by atomic mass is 10.1. The summed E-state index contributed by atoms with van der Waals surface area (Å²) < 4.78 is 27.0. The van der Waals surface area contributed by atoms with Crippen molar-refractivity contribution in [2.45, 2.75) is 4.90 Å². The average molecular weight is 367 g/mol. The lowest BCUT2D eigenvalue weighted by molar-refractivity contribution is -0.131. The van der Waals surface area contributed by atoms with E-state index in [1.54, 1.807) is 18.2 Å². The lowest BCUT2D eigenvalue weighted by Gasteiger charge is -2.20. The molecule has 0 radical (unpaired) electrons. The summed E-state index contributed by atoms with van der Waals surface area (Å²) in [6, 6.07) is 19.3. The smallest absolute Gasteiger partial charge is 0.328 e. The quantitative estimate of drug-likeness (QED) is 0.697. The molecule has 0 aliphatic heterocycles. The van der Waals surface area contributed by atoms with Crippen molar-refractivity contribution in [2.75, 3.05) is 11.4 Å². The molecule has 132 valence electrons. The molecule has 3 rings (SSSR count). The molecule has 0 saturated carbocycles. The molecular formula is C20H17NO4S. The van der Waals surface area contributed by atoms with Gasteiger partial charge in [-0.2, -0.15) is 0 Å². The Bertz CT molecular complexity index is 1090. The fourth-order valence-corrected chi connectivity index (χ4v) is 3.78. The first-order valence-corrected chi connectivity index (χ1v) is 9.31. The van der Waals surface area contributed by atoms with Gasteiger partial charge in [-0.1, -0.05) is 42.5 Å². The molecule has 3 aromatic rings. The Kier molecular flexibility index (Phi) is 4.77. The Morgan fingerprint density at radius 3 is 2.27 bits per heavy atom. The van der Waals surface area contributed by atoms with E-state index in [1.165, 1.54) is 29.6 Å². The molecule has 1 N–H and O–H groups in total. The number of benzene rings is 3. The summed E-state index contributed by atoms with van der Waals surface area (Å²) in [5.74, 6) is -1.06. The molecule has 0 aliphatic rings. The van der Waals surface area contributed by atoms with Crippen molar-refractivity contribution in [1.29, 1.82) is 0 Å². The number of hydrogen-bond acceptors (Lipinski definition) is 3. The van der Waals surface area contributed by atoms with Crippen LogP contribution in [0.1, 0.15) is 5.56 Å². The van der Waals surface area contributed by atoms with E-state index < -0.39 is 16.0 Å². The van der Waals surface area contributed by atoms with Gasteiger partial charge in [-0.05, 0) is 46.7 Å². The van der Waals surface area contributed by atoms with E-state index >= 15 is 0 Å². The van der Waals surface area contributed by atoms with Gasteiger partial charge >= 0.3 is 5.97 Å². The highest BCUT2D eigenvalue weighted by Gasteiger charge is 2.21. The zero-order chi connectivity index (χ0) is 18.7. The maximum Gasteiger partial charge on any atom is 0.328 e. The largest absolute Gasteiger partial charge is 0.478 e. The predicted molar refractivity (Wildman–Crippen MR) is 103 cm³/mol. The third kappa shape index (κ3) is 3.60. The molecule has 26 heavy (non-hydrogen) atoms.